The fourth-order valence-electron chi connectivity index (χ4n) is 2.22. The van der Waals surface area contributed by atoms with Gasteiger partial charge in [-0.15, -0.1) is 35.3 Å². The molecule has 1 aromatic carbocycles. The summed E-state index contributed by atoms with van der Waals surface area (Å²) in [5.74, 6) is 2.49. The summed E-state index contributed by atoms with van der Waals surface area (Å²) in [4.78, 5) is 11.0. The average Bonchev–Trinajstić information content (AvgIpc) is 3.02. The van der Waals surface area contributed by atoms with Crippen LogP contribution in [0.3, 0.4) is 0 Å². The highest BCUT2D eigenvalue weighted by Gasteiger charge is 2.13. The lowest BCUT2D eigenvalue weighted by Gasteiger charge is -2.27. The second kappa shape index (κ2) is 8.84. The molecule has 0 atom stereocenters. The quantitative estimate of drug-likeness (QED) is 0.430. The van der Waals surface area contributed by atoms with Crippen LogP contribution in [-0.2, 0) is 6.54 Å². The maximum absolute atomic E-state index is 13.7. The lowest BCUT2D eigenvalue weighted by Crippen LogP contribution is -2.42. The van der Waals surface area contributed by atoms with E-state index in [0.29, 0.717) is 23.8 Å². The van der Waals surface area contributed by atoms with Crippen LogP contribution in [0.15, 0.2) is 34.6 Å². The third kappa shape index (κ3) is 4.80. The lowest BCUT2D eigenvalue weighted by atomic mass is 10.2. The molecule has 2 N–H and O–H groups in total. The van der Waals surface area contributed by atoms with Crippen molar-refractivity contribution in [1.82, 2.24) is 9.88 Å². The molecule has 1 aliphatic rings. The van der Waals surface area contributed by atoms with Gasteiger partial charge in [0.15, 0.2) is 5.96 Å². The van der Waals surface area contributed by atoms with Crippen molar-refractivity contribution in [3.05, 3.63) is 40.5 Å². The van der Waals surface area contributed by atoms with Crippen LogP contribution >= 0.6 is 47.1 Å². The lowest BCUT2D eigenvalue weighted by molar-refractivity contribution is 0.455. The molecule has 8 heteroatoms. The SMILES string of the molecule is I.NC(=NCc1nc(-c2ccccc2F)cs1)N1CCSCC1. The van der Waals surface area contributed by atoms with Crippen LogP contribution in [0.25, 0.3) is 11.3 Å². The Morgan fingerprint density at radius 2 is 2.04 bits per heavy atom. The number of nitrogens with zero attached hydrogens (tertiary/aromatic N) is 3. The Bertz CT molecular complexity index is 671. The van der Waals surface area contributed by atoms with E-state index in [1.807, 2.05) is 23.2 Å². The zero-order valence-electron chi connectivity index (χ0n) is 12.4. The minimum Gasteiger partial charge on any atom is -0.370 e. The molecule has 1 fully saturated rings. The third-order valence-electron chi connectivity index (χ3n) is 3.41. The monoisotopic (exact) mass is 464 g/mol. The van der Waals surface area contributed by atoms with Gasteiger partial charge in [0.05, 0.1) is 12.2 Å². The highest BCUT2D eigenvalue weighted by atomic mass is 127. The summed E-state index contributed by atoms with van der Waals surface area (Å²) in [7, 11) is 0. The Hall–Kier alpha value is -0.870. The van der Waals surface area contributed by atoms with E-state index in [0.717, 1.165) is 29.6 Å². The summed E-state index contributed by atoms with van der Waals surface area (Å²) in [6.45, 7) is 2.32. The number of aliphatic imine (C=N–C) groups is 1. The van der Waals surface area contributed by atoms with Crippen LogP contribution in [0.4, 0.5) is 4.39 Å². The number of thioether (sulfide) groups is 1. The average molecular weight is 464 g/mol. The molecule has 0 bridgehead atoms. The van der Waals surface area contributed by atoms with Gasteiger partial charge in [0.1, 0.15) is 10.8 Å². The maximum atomic E-state index is 13.7. The van der Waals surface area contributed by atoms with Crippen molar-refractivity contribution >= 4 is 53.0 Å². The van der Waals surface area contributed by atoms with E-state index < -0.39 is 0 Å². The third-order valence-corrected chi connectivity index (χ3v) is 5.19. The molecule has 1 aliphatic heterocycles. The van der Waals surface area contributed by atoms with Gasteiger partial charge in [-0.05, 0) is 12.1 Å². The number of rotatable bonds is 3. The molecule has 124 valence electrons. The molecular formula is C15H18FIN4S2. The Morgan fingerprint density at radius 3 is 2.78 bits per heavy atom. The first-order valence-corrected chi connectivity index (χ1v) is 9.09. The highest BCUT2D eigenvalue weighted by Crippen LogP contribution is 2.24. The number of guanidine groups is 1. The molecule has 2 aromatic rings. The molecule has 1 saturated heterocycles. The fourth-order valence-corrected chi connectivity index (χ4v) is 3.84. The second-order valence-corrected chi connectivity index (χ2v) is 7.05. The molecule has 0 amide bonds. The Morgan fingerprint density at radius 1 is 1.30 bits per heavy atom. The number of thiazole rings is 1. The van der Waals surface area contributed by atoms with Crippen molar-refractivity contribution in [2.45, 2.75) is 6.54 Å². The summed E-state index contributed by atoms with van der Waals surface area (Å²) in [5.41, 5.74) is 7.20. The molecule has 0 aliphatic carbocycles. The van der Waals surface area contributed by atoms with Crippen molar-refractivity contribution in [2.75, 3.05) is 24.6 Å². The number of benzene rings is 1. The van der Waals surface area contributed by atoms with Crippen LogP contribution in [0.1, 0.15) is 5.01 Å². The van der Waals surface area contributed by atoms with E-state index in [2.05, 4.69) is 14.9 Å². The maximum Gasteiger partial charge on any atom is 0.191 e. The van der Waals surface area contributed by atoms with Gasteiger partial charge in [0.25, 0.3) is 0 Å². The minimum atomic E-state index is -0.256. The number of halogens is 2. The van der Waals surface area contributed by atoms with Gasteiger partial charge in [-0.2, -0.15) is 11.8 Å². The Kier molecular flexibility index (Phi) is 7.09. The minimum absolute atomic E-state index is 0. The van der Waals surface area contributed by atoms with Crippen molar-refractivity contribution in [2.24, 2.45) is 10.7 Å². The second-order valence-electron chi connectivity index (χ2n) is 4.88. The topological polar surface area (TPSA) is 54.5 Å². The van der Waals surface area contributed by atoms with Crippen LogP contribution in [0.2, 0.25) is 0 Å². The fraction of sp³-hybridized carbons (Fsp3) is 0.333. The number of nitrogens with two attached hydrogens (primary N) is 1. The molecule has 3 rings (SSSR count). The van der Waals surface area contributed by atoms with Crippen molar-refractivity contribution in [1.29, 1.82) is 0 Å². The first-order valence-electron chi connectivity index (χ1n) is 7.06. The zero-order valence-corrected chi connectivity index (χ0v) is 16.4. The van der Waals surface area contributed by atoms with Gasteiger partial charge >= 0.3 is 0 Å². The van der Waals surface area contributed by atoms with Gasteiger partial charge in [0.2, 0.25) is 0 Å². The zero-order chi connectivity index (χ0) is 15.4. The Labute approximate surface area is 160 Å². The van der Waals surface area contributed by atoms with Crippen LogP contribution in [0, 0.1) is 5.82 Å². The molecular weight excluding hydrogens is 446 g/mol. The van der Waals surface area contributed by atoms with Gasteiger partial charge in [-0.1, -0.05) is 12.1 Å². The van der Waals surface area contributed by atoms with Gasteiger partial charge in [-0.3, -0.25) is 0 Å². The van der Waals surface area contributed by atoms with Gasteiger partial charge in [0, 0.05) is 35.5 Å². The molecule has 0 unspecified atom stereocenters. The standard InChI is InChI=1S/C15H17FN4S2.HI/c16-12-4-2-1-3-11(12)13-10-22-14(19-13)9-18-15(17)20-5-7-21-8-6-20;/h1-4,10H,5-9H2,(H2,17,18);1H. The van der Waals surface area contributed by atoms with Crippen molar-refractivity contribution in [3.8, 4) is 11.3 Å². The molecule has 0 spiro atoms. The van der Waals surface area contributed by atoms with Crippen molar-refractivity contribution in [3.63, 3.8) is 0 Å². The summed E-state index contributed by atoms with van der Waals surface area (Å²) in [6.07, 6.45) is 0. The summed E-state index contributed by atoms with van der Waals surface area (Å²) < 4.78 is 13.7. The van der Waals surface area contributed by atoms with E-state index in [1.54, 1.807) is 12.1 Å². The van der Waals surface area contributed by atoms with Gasteiger partial charge < -0.3 is 10.6 Å². The van der Waals surface area contributed by atoms with E-state index in [1.165, 1.54) is 17.4 Å². The molecule has 1 aromatic heterocycles. The normalized spacial score (nSPS) is 15.3. The largest absolute Gasteiger partial charge is 0.370 e. The smallest absolute Gasteiger partial charge is 0.191 e. The van der Waals surface area contributed by atoms with Crippen LogP contribution < -0.4 is 5.73 Å². The molecule has 0 radical (unpaired) electrons. The van der Waals surface area contributed by atoms with E-state index in [-0.39, 0.29) is 29.8 Å². The predicted octanol–water partition coefficient (Wildman–Crippen LogP) is 3.43. The summed E-state index contributed by atoms with van der Waals surface area (Å²) >= 11 is 3.41. The van der Waals surface area contributed by atoms with E-state index >= 15 is 0 Å². The molecule has 4 nitrogen and oxygen atoms in total. The highest BCUT2D eigenvalue weighted by molar-refractivity contribution is 14.0. The number of hydrogen-bond donors (Lipinski definition) is 1. The van der Waals surface area contributed by atoms with Crippen LogP contribution in [0.5, 0.6) is 0 Å². The summed E-state index contributed by atoms with van der Waals surface area (Å²) in [6, 6.07) is 6.66. The van der Waals surface area contributed by atoms with Crippen LogP contribution in [-0.4, -0.2) is 40.4 Å². The van der Waals surface area contributed by atoms with E-state index in [4.69, 9.17) is 5.73 Å². The first kappa shape index (κ1) is 18.5. The molecule has 0 saturated carbocycles. The molecule has 23 heavy (non-hydrogen) atoms. The van der Waals surface area contributed by atoms with Gasteiger partial charge in [-0.25, -0.2) is 14.4 Å². The summed E-state index contributed by atoms with van der Waals surface area (Å²) in [5, 5.41) is 2.70. The predicted molar refractivity (Wildman–Crippen MR) is 107 cm³/mol. The number of aromatic nitrogens is 1. The molecule has 2 heterocycles. The van der Waals surface area contributed by atoms with Crippen molar-refractivity contribution < 1.29 is 4.39 Å². The number of hydrogen-bond acceptors (Lipinski definition) is 4. The first-order chi connectivity index (χ1) is 10.7. The Balaban J connectivity index is 0.00000192. The van der Waals surface area contributed by atoms with E-state index in [9.17, 15) is 4.39 Å².